The predicted octanol–water partition coefficient (Wildman–Crippen LogP) is 1.42. The Kier molecular flexibility index (Phi) is 2.26. The van der Waals surface area contributed by atoms with Crippen molar-refractivity contribution in [2.75, 3.05) is 0 Å². The van der Waals surface area contributed by atoms with Crippen LogP contribution in [0.3, 0.4) is 0 Å². The van der Waals surface area contributed by atoms with Crippen molar-refractivity contribution in [3.05, 3.63) is 0 Å². The van der Waals surface area contributed by atoms with Gasteiger partial charge in [0, 0.05) is 5.54 Å². The number of hydrogen-bond donors (Lipinski definition) is 2. The molecule has 0 bridgehead atoms. The van der Waals surface area contributed by atoms with Crippen molar-refractivity contribution in [2.24, 2.45) is 5.73 Å². The summed E-state index contributed by atoms with van der Waals surface area (Å²) in [6.45, 7) is 3.93. The van der Waals surface area contributed by atoms with Gasteiger partial charge in [-0.2, -0.15) is 0 Å². The van der Waals surface area contributed by atoms with Crippen LogP contribution in [0.1, 0.15) is 46.0 Å². The van der Waals surface area contributed by atoms with Crippen LogP contribution in [0, 0.1) is 0 Å². The summed E-state index contributed by atoms with van der Waals surface area (Å²) in [4.78, 5) is 0. The SMILES string of the molecule is CCC1(N)CCCC[C@@]1(C)O. The highest BCUT2D eigenvalue weighted by atomic mass is 16.3. The van der Waals surface area contributed by atoms with Gasteiger partial charge in [-0.3, -0.25) is 0 Å². The van der Waals surface area contributed by atoms with Crippen LogP contribution in [0.25, 0.3) is 0 Å². The van der Waals surface area contributed by atoms with Crippen LogP contribution in [-0.4, -0.2) is 16.2 Å². The second-order valence-electron chi connectivity index (χ2n) is 3.99. The molecular formula is C9H19NO. The zero-order valence-electron chi connectivity index (χ0n) is 7.56. The highest BCUT2D eigenvalue weighted by Gasteiger charge is 2.43. The smallest absolute Gasteiger partial charge is 0.0798 e. The van der Waals surface area contributed by atoms with Gasteiger partial charge in [-0.25, -0.2) is 0 Å². The van der Waals surface area contributed by atoms with Crippen molar-refractivity contribution in [3.63, 3.8) is 0 Å². The molecule has 1 unspecified atom stereocenters. The highest BCUT2D eigenvalue weighted by Crippen LogP contribution is 2.37. The fourth-order valence-electron chi connectivity index (χ4n) is 1.99. The van der Waals surface area contributed by atoms with Gasteiger partial charge in [-0.15, -0.1) is 0 Å². The molecule has 0 amide bonds. The Morgan fingerprint density at radius 1 is 1.36 bits per heavy atom. The van der Waals surface area contributed by atoms with Crippen LogP contribution in [0.15, 0.2) is 0 Å². The van der Waals surface area contributed by atoms with Crippen LogP contribution >= 0.6 is 0 Å². The summed E-state index contributed by atoms with van der Waals surface area (Å²) in [5.41, 5.74) is 5.12. The molecule has 0 aliphatic heterocycles. The number of aliphatic hydroxyl groups is 1. The maximum atomic E-state index is 9.97. The zero-order valence-corrected chi connectivity index (χ0v) is 7.56. The minimum atomic E-state index is -0.639. The fourth-order valence-corrected chi connectivity index (χ4v) is 1.99. The molecule has 0 aromatic heterocycles. The van der Waals surface area contributed by atoms with Crippen molar-refractivity contribution in [3.8, 4) is 0 Å². The second kappa shape index (κ2) is 2.76. The van der Waals surface area contributed by atoms with E-state index < -0.39 is 5.60 Å². The third-order valence-electron chi connectivity index (χ3n) is 3.24. The van der Waals surface area contributed by atoms with Gasteiger partial charge in [0.15, 0.2) is 0 Å². The molecule has 66 valence electrons. The van der Waals surface area contributed by atoms with E-state index in [1.165, 1.54) is 6.42 Å². The highest BCUT2D eigenvalue weighted by molar-refractivity contribution is 5.02. The van der Waals surface area contributed by atoms with Crippen molar-refractivity contribution >= 4 is 0 Å². The third kappa shape index (κ3) is 1.42. The molecule has 1 saturated carbocycles. The van der Waals surface area contributed by atoms with Crippen LogP contribution in [-0.2, 0) is 0 Å². The van der Waals surface area contributed by atoms with Crippen LogP contribution in [0.2, 0.25) is 0 Å². The largest absolute Gasteiger partial charge is 0.388 e. The van der Waals surface area contributed by atoms with Crippen LogP contribution in [0.4, 0.5) is 0 Å². The van der Waals surface area contributed by atoms with Gasteiger partial charge in [0.2, 0.25) is 0 Å². The molecule has 2 heteroatoms. The Labute approximate surface area is 68.8 Å². The Morgan fingerprint density at radius 3 is 2.27 bits per heavy atom. The van der Waals surface area contributed by atoms with Crippen LogP contribution < -0.4 is 5.73 Å². The number of hydrogen-bond acceptors (Lipinski definition) is 2. The van der Waals surface area contributed by atoms with Crippen molar-refractivity contribution < 1.29 is 5.11 Å². The molecule has 1 rings (SSSR count). The van der Waals surface area contributed by atoms with E-state index in [0.717, 1.165) is 25.7 Å². The van der Waals surface area contributed by atoms with Crippen molar-refractivity contribution in [2.45, 2.75) is 57.1 Å². The van der Waals surface area contributed by atoms with E-state index in [4.69, 9.17) is 5.73 Å². The molecule has 1 aliphatic rings. The lowest BCUT2D eigenvalue weighted by Crippen LogP contribution is -2.60. The zero-order chi connectivity index (χ0) is 8.54. The molecule has 2 atom stereocenters. The molecule has 1 aliphatic carbocycles. The van der Waals surface area contributed by atoms with E-state index in [1.54, 1.807) is 0 Å². The number of nitrogens with two attached hydrogens (primary N) is 1. The maximum absolute atomic E-state index is 9.97. The summed E-state index contributed by atoms with van der Waals surface area (Å²) < 4.78 is 0. The third-order valence-corrected chi connectivity index (χ3v) is 3.24. The average molecular weight is 157 g/mol. The van der Waals surface area contributed by atoms with E-state index in [9.17, 15) is 5.11 Å². The molecule has 1 fully saturated rings. The van der Waals surface area contributed by atoms with Crippen LogP contribution in [0.5, 0.6) is 0 Å². The topological polar surface area (TPSA) is 46.2 Å². The first-order chi connectivity index (χ1) is 5.02. The quantitative estimate of drug-likeness (QED) is 0.604. The van der Waals surface area contributed by atoms with Gasteiger partial charge < -0.3 is 10.8 Å². The van der Waals surface area contributed by atoms with Crippen molar-refractivity contribution in [1.82, 2.24) is 0 Å². The van der Waals surface area contributed by atoms with Crippen molar-refractivity contribution in [1.29, 1.82) is 0 Å². The lowest BCUT2D eigenvalue weighted by Gasteiger charge is -2.45. The van der Waals surface area contributed by atoms with Gasteiger partial charge in [0.1, 0.15) is 0 Å². The summed E-state index contributed by atoms with van der Waals surface area (Å²) in [6, 6.07) is 0. The predicted molar refractivity (Wildman–Crippen MR) is 46.3 cm³/mol. The minimum Gasteiger partial charge on any atom is -0.388 e. The maximum Gasteiger partial charge on any atom is 0.0798 e. The first-order valence-electron chi connectivity index (χ1n) is 4.53. The fraction of sp³-hybridized carbons (Fsp3) is 1.00. The molecule has 0 radical (unpaired) electrons. The molecule has 0 saturated heterocycles. The molecule has 11 heavy (non-hydrogen) atoms. The molecule has 3 N–H and O–H groups in total. The van der Waals surface area contributed by atoms with E-state index in [2.05, 4.69) is 6.92 Å². The first kappa shape index (κ1) is 9.01. The summed E-state index contributed by atoms with van der Waals surface area (Å²) in [5, 5.41) is 9.97. The molecule has 0 aromatic rings. The normalized spacial score (nSPS) is 45.8. The summed E-state index contributed by atoms with van der Waals surface area (Å²) >= 11 is 0. The summed E-state index contributed by atoms with van der Waals surface area (Å²) in [7, 11) is 0. The lowest BCUT2D eigenvalue weighted by atomic mass is 9.69. The van der Waals surface area contributed by atoms with Gasteiger partial charge >= 0.3 is 0 Å². The molecule has 0 spiro atoms. The monoisotopic (exact) mass is 157 g/mol. The van der Waals surface area contributed by atoms with Gasteiger partial charge in [-0.05, 0) is 26.2 Å². The van der Waals surface area contributed by atoms with E-state index in [1.807, 2.05) is 6.92 Å². The Bertz CT molecular complexity index is 144. The van der Waals surface area contributed by atoms with Gasteiger partial charge in [-0.1, -0.05) is 19.8 Å². The summed E-state index contributed by atoms with van der Waals surface area (Å²) in [5.74, 6) is 0. The Morgan fingerprint density at radius 2 is 1.91 bits per heavy atom. The minimum absolute atomic E-state index is 0.328. The summed E-state index contributed by atoms with van der Waals surface area (Å²) in [6.07, 6.45) is 4.99. The lowest BCUT2D eigenvalue weighted by molar-refractivity contribution is -0.0514. The van der Waals surface area contributed by atoms with Gasteiger partial charge in [0.05, 0.1) is 5.60 Å². The standard InChI is InChI=1S/C9H19NO/c1-3-9(10)7-5-4-6-8(9,2)11/h11H,3-7,10H2,1-2H3/t8-,9?/m1/s1. The first-order valence-corrected chi connectivity index (χ1v) is 4.53. The molecule has 0 heterocycles. The molecular weight excluding hydrogens is 138 g/mol. The Hall–Kier alpha value is -0.0800. The van der Waals surface area contributed by atoms with E-state index in [0.29, 0.717) is 0 Å². The van der Waals surface area contributed by atoms with E-state index in [-0.39, 0.29) is 5.54 Å². The number of rotatable bonds is 1. The average Bonchev–Trinajstić information content (AvgIpc) is 1.95. The molecule has 0 aromatic carbocycles. The second-order valence-corrected chi connectivity index (χ2v) is 3.99. The molecule has 2 nitrogen and oxygen atoms in total. The Balaban J connectivity index is 2.74. The van der Waals surface area contributed by atoms with Gasteiger partial charge in [0.25, 0.3) is 0 Å². The van der Waals surface area contributed by atoms with E-state index >= 15 is 0 Å².